The topological polar surface area (TPSA) is 66.4 Å². The van der Waals surface area contributed by atoms with Crippen LogP contribution in [0.25, 0.3) is 0 Å². The SMILES string of the molecule is CC1=NC(Nc2cc(Nc3ccccc3C=O)c(C(F)(F)F)cn2)=CCC1. The molecule has 1 aromatic carbocycles. The number of carbonyl (C=O) groups excluding carboxylic acids is 1. The molecule has 5 nitrogen and oxygen atoms in total. The molecule has 0 aliphatic carbocycles. The third kappa shape index (κ3) is 4.52. The maximum Gasteiger partial charge on any atom is 0.419 e. The molecule has 8 heteroatoms. The Kier molecular flexibility index (Phi) is 5.25. The van der Waals surface area contributed by atoms with E-state index in [2.05, 4.69) is 20.6 Å². The zero-order chi connectivity index (χ0) is 19.4. The number of aldehydes is 1. The summed E-state index contributed by atoms with van der Waals surface area (Å²) in [7, 11) is 0. The molecule has 2 N–H and O–H groups in total. The van der Waals surface area contributed by atoms with Crippen molar-refractivity contribution in [1.82, 2.24) is 4.98 Å². The van der Waals surface area contributed by atoms with Crippen molar-refractivity contribution in [3.8, 4) is 0 Å². The van der Waals surface area contributed by atoms with Crippen LogP contribution in [-0.4, -0.2) is 17.0 Å². The Balaban J connectivity index is 1.96. The Bertz CT molecular complexity index is 919. The van der Waals surface area contributed by atoms with Gasteiger partial charge in [-0.05, 0) is 38.0 Å². The van der Waals surface area contributed by atoms with Gasteiger partial charge in [-0.1, -0.05) is 12.1 Å². The van der Waals surface area contributed by atoms with E-state index < -0.39 is 11.7 Å². The van der Waals surface area contributed by atoms with Crippen LogP contribution in [0.3, 0.4) is 0 Å². The van der Waals surface area contributed by atoms with Gasteiger partial charge in [0.05, 0.1) is 11.3 Å². The molecule has 1 aliphatic rings. The van der Waals surface area contributed by atoms with Gasteiger partial charge in [-0.15, -0.1) is 0 Å². The minimum absolute atomic E-state index is 0.202. The summed E-state index contributed by atoms with van der Waals surface area (Å²) in [4.78, 5) is 19.3. The highest BCUT2D eigenvalue weighted by atomic mass is 19.4. The van der Waals surface area contributed by atoms with Gasteiger partial charge in [0.2, 0.25) is 0 Å². The number of aromatic nitrogens is 1. The minimum atomic E-state index is -4.59. The van der Waals surface area contributed by atoms with Crippen LogP contribution in [0.5, 0.6) is 0 Å². The van der Waals surface area contributed by atoms with E-state index in [-0.39, 0.29) is 22.8 Å². The number of carbonyl (C=O) groups is 1. The van der Waals surface area contributed by atoms with Gasteiger partial charge in [0, 0.05) is 29.2 Å². The van der Waals surface area contributed by atoms with Gasteiger partial charge < -0.3 is 10.6 Å². The number of alkyl halides is 3. The second-order valence-corrected chi connectivity index (χ2v) is 6.04. The maximum absolute atomic E-state index is 13.4. The molecule has 0 bridgehead atoms. The molecule has 1 aromatic heterocycles. The van der Waals surface area contributed by atoms with Crippen LogP contribution in [0.2, 0.25) is 0 Å². The molecule has 0 fully saturated rings. The van der Waals surface area contributed by atoms with Gasteiger partial charge in [0.25, 0.3) is 0 Å². The molecule has 0 amide bonds. The van der Waals surface area contributed by atoms with Crippen LogP contribution in [0, 0.1) is 0 Å². The smallest absolute Gasteiger partial charge is 0.354 e. The molecule has 0 atom stereocenters. The van der Waals surface area contributed by atoms with Gasteiger partial charge >= 0.3 is 6.18 Å². The number of hydrogen-bond acceptors (Lipinski definition) is 5. The van der Waals surface area contributed by atoms with Crippen LogP contribution in [0.1, 0.15) is 35.7 Å². The summed E-state index contributed by atoms with van der Waals surface area (Å²) in [5.74, 6) is 0.768. The maximum atomic E-state index is 13.4. The lowest BCUT2D eigenvalue weighted by atomic mass is 10.1. The van der Waals surface area contributed by atoms with E-state index in [4.69, 9.17) is 0 Å². The number of anilines is 3. The van der Waals surface area contributed by atoms with E-state index in [9.17, 15) is 18.0 Å². The number of rotatable bonds is 5. The normalized spacial score (nSPS) is 14.2. The van der Waals surface area contributed by atoms with E-state index in [1.54, 1.807) is 12.1 Å². The lowest BCUT2D eigenvalue weighted by molar-refractivity contribution is -0.137. The fraction of sp³-hybridized carbons (Fsp3) is 0.211. The predicted octanol–water partition coefficient (Wildman–Crippen LogP) is 5.16. The largest absolute Gasteiger partial charge is 0.419 e. The molecule has 3 rings (SSSR count). The Morgan fingerprint density at radius 2 is 1.93 bits per heavy atom. The zero-order valence-corrected chi connectivity index (χ0v) is 14.5. The van der Waals surface area contributed by atoms with Crippen molar-refractivity contribution in [1.29, 1.82) is 0 Å². The number of nitrogens with one attached hydrogen (secondary N) is 2. The summed E-state index contributed by atoms with van der Waals surface area (Å²) in [6.07, 6.45) is 0.259. The first-order valence-corrected chi connectivity index (χ1v) is 8.26. The molecular weight excluding hydrogens is 357 g/mol. The molecule has 1 aliphatic heterocycles. The standard InChI is InChI=1S/C19H17F3N4O/c1-12-5-4-8-17(24-12)26-18-9-16(14(10-23-18)19(20,21)22)25-15-7-3-2-6-13(15)11-27/h2-3,6-11H,4-5H2,1H3,(H2,23,25,26). The Morgan fingerprint density at radius 3 is 2.63 bits per heavy atom. The molecule has 27 heavy (non-hydrogen) atoms. The molecule has 0 unspecified atom stereocenters. The Labute approximate surface area is 154 Å². The number of aliphatic imine (C=N–C) groups is 1. The number of hydrogen-bond donors (Lipinski definition) is 2. The quantitative estimate of drug-likeness (QED) is 0.709. The van der Waals surface area contributed by atoms with Crippen LogP contribution >= 0.6 is 0 Å². The van der Waals surface area contributed by atoms with E-state index in [0.29, 0.717) is 12.1 Å². The zero-order valence-electron chi connectivity index (χ0n) is 14.5. The van der Waals surface area contributed by atoms with Gasteiger partial charge in [0.15, 0.2) is 6.29 Å². The Morgan fingerprint density at radius 1 is 1.15 bits per heavy atom. The fourth-order valence-electron chi connectivity index (χ4n) is 2.65. The van der Waals surface area contributed by atoms with Crippen LogP contribution < -0.4 is 10.6 Å². The van der Waals surface area contributed by atoms with E-state index in [1.807, 2.05) is 13.0 Å². The summed E-state index contributed by atoms with van der Waals surface area (Å²) in [5, 5.41) is 5.63. The van der Waals surface area contributed by atoms with Gasteiger partial charge in [-0.3, -0.25) is 4.79 Å². The molecule has 2 heterocycles. The number of halogens is 3. The number of para-hydroxylation sites is 1. The lowest BCUT2D eigenvalue weighted by Crippen LogP contribution is -2.12. The molecule has 2 aromatic rings. The van der Waals surface area contributed by atoms with Crippen molar-refractivity contribution in [3.05, 3.63) is 59.6 Å². The highest BCUT2D eigenvalue weighted by Crippen LogP contribution is 2.37. The van der Waals surface area contributed by atoms with Gasteiger partial charge in [-0.2, -0.15) is 13.2 Å². The van der Waals surface area contributed by atoms with Crippen molar-refractivity contribution < 1.29 is 18.0 Å². The van der Waals surface area contributed by atoms with Crippen molar-refractivity contribution >= 4 is 29.2 Å². The molecule has 0 spiro atoms. The Hall–Kier alpha value is -3.16. The highest BCUT2D eigenvalue weighted by molar-refractivity contribution is 5.86. The average molecular weight is 374 g/mol. The predicted molar refractivity (Wildman–Crippen MR) is 98.4 cm³/mol. The van der Waals surface area contributed by atoms with Gasteiger partial charge in [-0.25, -0.2) is 9.98 Å². The number of allylic oxidation sites excluding steroid dienone is 1. The van der Waals surface area contributed by atoms with Gasteiger partial charge in [0.1, 0.15) is 11.6 Å². The first-order valence-electron chi connectivity index (χ1n) is 8.26. The fourth-order valence-corrected chi connectivity index (χ4v) is 2.65. The average Bonchev–Trinajstić information content (AvgIpc) is 2.61. The molecule has 0 radical (unpaired) electrons. The molecular formula is C19H17F3N4O. The number of pyridine rings is 1. The summed E-state index contributed by atoms with van der Waals surface area (Å²) in [6, 6.07) is 7.58. The van der Waals surface area contributed by atoms with Crippen LogP contribution in [-0.2, 0) is 6.18 Å². The monoisotopic (exact) mass is 374 g/mol. The second-order valence-electron chi connectivity index (χ2n) is 6.04. The van der Waals surface area contributed by atoms with Crippen LogP contribution in [0.4, 0.5) is 30.4 Å². The number of nitrogens with zero attached hydrogens (tertiary/aromatic N) is 2. The van der Waals surface area contributed by atoms with E-state index in [1.165, 1.54) is 18.2 Å². The number of benzene rings is 1. The first-order chi connectivity index (χ1) is 12.9. The van der Waals surface area contributed by atoms with E-state index >= 15 is 0 Å². The summed E-state index contributed by atoms with van der Waals surface area (Å²) in [5.41, 5.74) is 0.343. The van der Waals surface area contributed by atoms with E-state index in [0.717, 1.165) is 24.8 Å². The molecule has 0 saturated heterocycles. The highest BCUT2D eigenvalue weighted by Gasteiger charge is 2.34. The van der Waals surface area contributed by atoms with Crippen molar-refractivity contribution in [2.75, 3.05) is 10.6 Å². The summed E-state index contributed by atoms with van der Waals surface area (Å²) in [6.45, 7) is 1.89. The third-order valence-corrected chi connectivity index (χ3v) is 3.98. The second kappa shape index (κ2) is 7.61. The molecule has 140 valence electrons. The minimum Gasteiger partial charge on any atom is -0.354 e. The van der Waals surface area contributed by atoms with Crippen molar-refractivity contribution in [2.45, 2.75) is 25.9 Å². The van der Waals surface area contributed by atoms with Crippen molar-refractivity contribution in [3.63, 3.8) is 0 Å². The van der Waals surface area contributed by atoms with Crippen LogP contribution in [0.15, 0.2) is 53.4 Å². The third-order valence-electron chi connectivity index (χ3n) is 3.98. The van der Waals surface area contributed by atoms with Crippen molar-refractivity contribution in [2.24, 2.45) is 4.99 Å². The molecule has 0 saturated carbocycles. The first kappa shape index (κ1) is 18.6. The summed E-state index contributed by atoms with van der Waals surface area (Å²) < 4.78 is 40.1. The summed E-state index contributed by atoms with van der Waals surface area (Å²) >= 11 is 0. The lowest BCUT2D eigenvalue weighted by Gasteiger charge is -2.17.